The predicted molar refractivity (Wildman–Crippen MR) is 81.8 cm³/mol. The van der Waals surface area contributed by atoms with E-state index in [-0.39, 0.29) is 0 Å². The Bertz CT molecular complexity index is 430. The topological polar surface area (TPSA) is 41.7 Å². The lowest BCUT2D eigenvalue weighted by Crippen LogP contribution is -2.45. The van der Waals surface area contributed by atoms with Gasteiger partial charge in [0, 0.05) is 38.3 Å². The van der Waals surface area contributed by atoms with E-state index >= 15 is 0 Å². The van der Waals surface area contributed by atoms with Crippen molar-refractivity contribution in [3.05, 3.63) is 29.8 Å². The highest BCUT2D eigenvalue weighted by Crippen LogP contribution is 2.13. The quantitative estimate of drug-likeness (QED) is 0.813. The Morgan fingerprint density at radius 2 is 2.05 bits per heavy atom. The summed E-state index contributed by atoms with van der Waals surface area (Å²) in [6.07, 6.45) is 0. The lowest BCUT2D eigenvalue weighted by atomic mass is 10.2. The van der Waals surface area contributed by atoms with Crippen LogP contribution in [0, 0.1) is 0 Å². The number of thiocarbonyl (C=S) groups is 1. The molecule has 0 bridgehead atoms. The molecule has 5 heteroatoms. The fourth-order valence-electron chi connectivity index (χ4n) is 2.10. The summed E-state index contributed by atoms with van der Waals surface area (Å²) in [6.45, 7) is 6.17. The molecule has 0 atom stereocenters. The van der Waals surface area contributed by atoms with Crippen LogP contribution >= 0.6 is 12.2 Å². The van der Waals surface area contributed by atoms with E-state index < -0.39 is 0 Å². The normalized spacial score (nSPS) is 17.3. The Balaban J connectivity index is 1.76. The van der Waals surface area contributed by atoms with Crippen molar-refractivity contribution >= 4 is 17.2 Å². The van der Waals surface area contributed by atoms with E-state index in [4.69, 9.17) is 22.7 Å². The van der Waals surface area contributed by atoms with Gasteiger partial charge in [-0.3, -0.25) is 4.90 Å². The lowest BCUT2D eigenvalue weighted by Gasteiger charge is -2.32. The summed E-state index contributed by atoms with van der Waals surface area (Å²) < 4.78 is 5.76. The van der Waals surface area contributed by atoms with Crippen molar-refractivity contribution < 1.29 is 4.74 Å². The number of ether oxygens (including phenoxy) is 1. The average molecular weight is 279 g/mol. The van der Waals surface area contributed by atoms with Gasteiger partial charge in [-0.2, -0.15) is 0 Å². The Kier molecular flexibility index (Phi) is 5.13. The van der Waals surface area contributed by atoms with Crippen molar-refractivity contribution in [3.63, 3.8) is 0 Å². The molecule has 0 aliphatic carbocycles. The zero-order valence-electron chi connectivity index (χ0n) is 11.3. The maximum absolute atomic E-state index is 5.76. The molecule has 0 unspecified atom stereocenters. The fourth-order valence-corrected chi connectivity index (χ4v) is 2.23. The Hall–Kier alpha value is -1.17. The van der Waals surface area contributed by atoms with Gasteiger partial charge < -0.3 is 15.4 Å². The number of piperazine rings is 1. The van der Waals surface area contributed by atoms with E-state index in [9.17, 15) is 0 Å². The van der Waals surface area contributed by atoms with Crippen molar-refractivity contribution in [2.45, 2.75) is 0 Å². The van der Waals surface area contributed by atoms with Crippen LogP contribution in [0.2, 0.25) is 0 Å². The number of benzene rings is 1. The zero-order chi connectivity index (χ0) is 13.7. The molecule has 104 valence electrons. The minimum Gasteiger partial charge on any atom is -0.492 e. The molecular weight excluding hydrogens is 258 g/mol. The van der Waals surface area contributed by atoms with Gasteiger partial charge in [0.15, 0.2) is 0 Å². The van der Waals surface area contributed by atoms with Crippen LogP contribution in [0.3, 0.4) is 0 Å². The van der Waals surface area contributed by atoms with Gasteiger partial charge in [-0.1, -0.05) is 24.4 Å². The monoisotopic (exact) mass is 279 g/mol. The number of nitrogens with two attached hydrogens (primary N) is 1. The van der Waals surface area contributed by atoms with E-state index in [1.165, 1.54) is 0 Å². The first-order valence-electron chi connectivity index (χ1n) is 6.59. The van der Waals surface area contributed by atoms with E-state index in [2.05, 4.69) is 16.8 Å². The highest BCUT2D eigenvalue weighted by atomic mass is 32.1. The van der Waals surface area contributed by atoms with Gasteiger partial charge in [-0.25, -0.2) is 0 Å². The second-order valence-corrected chi connectivity index (χ2v) is 5.33. The molecule has 4 nitrogen and oxygen atoms in total. The third kappa shape index (κ3) is 4.45. The number of nitrogens with zero attached hydrogens (tertiary/aromatic N) is 2. The third-order valence-electron chi connectivity index (χ3n) is 3.39. The van der Waals surface area contributed by atoms with Gasteiger partial charge in [-0.05, 0) is 19.2 Å². The molecular formula is C14H21N3OS. The van der Waals surface area contributed by atoms with Crippen LogP contribution in [0.15, 0.2) is 24.3 Å². The van der Waals surface area contributed by atoms with Crippen LogP contribution in [-0.2, 0) is 0 Å². The second-order valence-electron chi connectivity index (χ2n) is 4.89. The van der Waals surface area contributed by atoms with Gasteiger partial charge >= 0.3 is 0 Å². The zero-order valence-corrected chi connectivity index (χ0v) is 12.2. The molecule has 0 radical (unpaired) electrons. The Labute approximate surface area is 120 Å². The first-order valence-corrected chi connectivity index (χ1v) is 6.99. The van der Waals surface area contributed by atoms with E-state index in [1.54, 1.807) is 0 Å². The molecule has 1 aromatic rings. The third-order valence-corrected chi connectivity index (χ3v) is 3.63. The predicted octanol–water partition coefficient (Wildman–Crippen LogP) is 0.947. The van der Waals surface area contributed by atoms with Gasteiger partial charge in [-0.15, -0.1) is 0 Å². The summed E-state index contributed by atoms with van der Waals surface area (Å²) in [6, 6.07) is 7.65. The molecule has 0 amide bonds. The Morgan fingerprint density at radius 1 is 1.32 bits per heavy atom. The van der Waals surface area contributed by atoms with Gasteiger partial charge in [0.05, 0.1) is 0 Å². The van der Waals surface area contributed by atoms with Gasteiger partial charge in [0.1, 0.15) is 17.3 Å². The minimum absolute atomic E-state index is 0.407. The summed E-state index contributed by atoms with van der Waals surface area (Å²) in [5, 5.41) is 0. The summed E-state index contributed by atoms with van der Waals surface area (Å²) in [4.78, 5) is 5.19. The van der Waals surface area contributed by atoms with Crippen LogP contribution in [0.5, 0.6) is 5.75 Å². The van der Waals surface area contributed by atoms with E-state index in [0.717, 1.165) is 44.0 Å². The van der Waals surface area contributed by atoms with Crippen LogP contribution in [-0.4, -0.2) is 61.2 Å². The summed E-state index contributed by atoms with van der Waals surface area (Å²) >= 11 is 4.96. The van der Waals surface area contributed by atoms with Crippen LogP contribution in [0.25, 0.3) is 0 Å². The SMILES string of the molecule is CN1CCN(CCOc2cccc(C(N)=S)c2)CC1. The highest BCUT2D eigenvalue weighted by Gasteiger charge is 2.13. The van der Waals surface area contributed by atoms with Crippen molar-refractivity contribution in [1.29, 1.82) is 0 Å². The molecule has 1 saturated heterocycles. The summed E-state index contributed by atoms with van der Waals surface area (Å²) in [7, 11) is 2.16. The molecule has 1 aromatic carbocycles. The van der Waals surface area contributed by atoms with Crippen LogP contribution < -0.4 is 10.5 Å². The summed E-state index contributed by atoms with van der Waals surface area (Å²) in [5.74, 6) is 0.833. The van der Waals surface area contributed by atoms with Crippen molar-refractivity contribution in [1.82, 2.24) is 9.80 Å². The first-order chi connectivity index (χ1) is 9.15. The molecule has 0 saturated carbocycles. The molecule has 1 aliphatic rings. The molecule has 2 N–H and O–H groups in total. The Morgan fingerprint density at radius 3 is 2.74 bits per heavy atom. The average Bonchev–Trinajstić information content (AvgIpc) is 2.41. The number of rotatable bonds is 5. The number of likely N-dealkylation sites (N-methyl/N-ethyl adjacent to an activating group) is 1. The molecule has 0 aromatic heterocycles. The molecule has 1 fully saturated rings. The largest absolute Gasteiger partial charge is 0.492 e. The van der Waals surface area contributed by atoms with Crippen LogP contribution in [0.1, 0.15) is 5.56 Å². The smallest absolute Gasteiger partial charge is 0.120 e. The van der Waals surface area contributed by atoms with Crippen molar-refractivity contribution in [2.24, 2.45) is 5.73 Å². The lowest BCUT2D eigenvalue weighted by molar-refractivity contribution is 0.134. The fraction of sp³-hybridized carbons (Fsp3) is 0.500. The first kappa shape index (κ1) is 14.2. The number of hydrogen-bond acceptors (Lipinski definition) is 4. The van der Waals surface area contributed by atoms with Crippen molar-refractivity contribution in [2.75, 3.05) is 46.4 Å². The molecule has 1 heterocycles. The minimum atomic E-state index is 0.407. The maximum Gasteiger partial charge on any atom is 0.120 e. The van der Waals surface area contributed by atoms with Gasteiger partial charge in [0.2, 0.25) is 0 Å². The molecule has 2 rings (SSSR count). The maximum atomic E-state index is 5.76. The highest BCUT2D eigenvalue weighted by molar-refractivity contribution is 7.80. The molecule has 0 spiro atoms. The summed E-state index contributed by atoms with van der Waals surface area (Å²) in [5.41, 5.74) is 6.46. The number of hydrogen-bond donors (Lipinski definition) is 1. The second kappa shape index (κ2) is 6.84. The van der Waals surface area contributed by atoms with Crippen LogP contribution in [0.4, 0.5) is 0 Å². The molecule has 19 heavy (non-hydrogen) atoms. The van der Waals surface area contributed by atoms with E-state index in [1.807, 2.05) is 24.3 Å². The molecule has 1 aliphatic heterocycles. The standard InChI is InChI=1S/C14H21N3OS/c1-16-5-7-17(8-6-16)9-10-18-13-4-2-3-12(11-13)14(15)19/h2-4,11H,5-10H2,1H3,(H2,15,19). The van der Waals surface area contributed by atoms with Crippen molar-refractivity contribution in [3.8, 4) is 5.75 Å². The van der Waals surface area contributed by atoms with E-state index in [0.29, 0.717) is 11.6 Å². The van der Waals surface area contributed by atoms with Gasteiger partial charge in [0.25, 0.3) is 0 Å².